The van der Waals surface area contributed by atoms with E-state index in [2.05, 4.69) is 27.7 Å². The van der Waals surface area contributed by atoms with Crippen molar-refractivity contribution < 1.29 is 28.6 Å². The first-order valence-corrected chi connectivity index (χ1v) is 27.4. The Hall–Kier alpha value is -1.59. The molecule has 0 heterocycles. The molecular formula is C55H106O6. The summed E-state index contributed by atoms with van der Waals surface area (Å²) in [6, 6.07) is 0. The molecule has 0 N–H and O–H groups in total. The third-order valence-electron chi connectivity index (χ3n) is 12.5. The standard InChI is InChI=1S/C55H106O6/c1-5-7-9-11-13-15-17-18-23-27-30-34-38-42-46-53(56)59-49-52(61-55(58)48-44-40-36-32-25-16-14-12-10-8-6-2)50-60-54(57)47-43-39-35-31-28-24-21-19-20-22-26-29-33-37-41-45-51(3)4/h51-52H,5-50H2,1-4H3/t52-/m0/s1. The van der Waals surface area contributed by atoms with Crippen LogP contribution < -0.4 is 0 Å². The van der Waals surface area contributed by atoms with Crippen LogP contribution in [0.25, 0.3) is 0 Å². The van der Waals surface area contributed by atoms with E-state index in [0.717, 1.165) is 63.7 Å². The Morgan fingerprint density at radius 1 is 0.311 bits per heavy atom. The lowest BCUT2D eigenvalue weighted by atomic mass is 10.0. The fraction of sp³-hybridized carbons (Fsp3) is 0.945. The van der Waals surface area contributed by atoms with Crippen molar-refractivity contribution >= 4 is 17.9 Å². The van der Waals surface area contributed by atoms with Gasteiger partial charge in [0.05, 0.1) is 0 Å². The second-order valence-corrected chi connectivity index (χ2v) is 19.3. The molecule has 0 aliphatic carbocycles. The molecule has 0 unspecified atom stereocenters. The van der Waals surface area contributed by atoms with E-state index < -0.39 is 6.10 Å². The zero-order chi connectivity index (χ0) is 44.5. The maximum atomic E-state index is 12.8. The molecule has 0 radical (unpaired) electrons. The van der Waals surface area contributed by atoms with E-state index in [1.54, 1.807) is 0 Å². The third kappa shape index (κ3) is 49.3. The van der Waals surface area contributed by atoms with Gasteiger partial charge in [0.2, 0.25) is 0 Å². The number of rotatable bonds is 50. The van der Waals surface area contributed by atoms with Gasteiger partial charge < -0.3 is 14.2 Å². The molecule has 61 heavy (non-hydrogen) atoms. The van der Waals surface area contributed by atoms with Crippen LogP contribution in [-0.4, -0.2) is 37.2 Å². The number of unbranched alkanes of at least 4 members (excludes halogenated alkanes) is 37. The molecular weight excluding hydrogens is 757 g/mol. The maximum Gasteiger partial charge on any atom is 0.306 e. The topological polar surface area (TPSA) is 78.9 Å². The minimum absolute atomic E-state index is 0.0622. The summed E-state index contributed by atoms with van der Waals surface area (Å²) in [5.74, 6) is 0.00904. The molecule has 0 bridgehead atoms. The molecule has 0 amide bonds. The normalized spacial score (nSPS) is 12.0. The molecule has 0 aromatic heterocycles. The van der Waals surface area contributed by atoms with Crippen LogP contribution in [0.3, 0.4) is 0 Å². The summed E-state index contributed by atoms with van der Waals surface area (Å²) in [4.78, 5) is 38.0. The zero-order valence-electron chi connectivity index (χ0n) is 41.6. The van der Waals surface area contributed by atoms with Crippen LogP contribution >= 0.6 is 0 Å². The predicted molar refractivity (Wildman–Crippen MR) is 261 cm³/mol. The first-order chi connectivity index (χ1) is 29.9. The highest BCUT2D eigenvalue weighted by molar-refractivity contribution is 5.71. The van der Waals surface area contributed by atoms with Gasteiger partial charge in [-0.15, -0.1) is 0 Å². The van der Waals surface area contributed by atoms with Crippen molar-refractivity contribution in [3.63, 3.8) is 0 Å². The van der Waals surface area contributed by atoms with E-state index in [1.165, 1.54) is 205 Å². The molecule has 0 fully saturated rings. The molecule has 1 atom stereocenters. The molecule has 0 aliphatic heterocycles. The van der Waals surface area contributed by atoms with E-state index in [4.69, 9.17) is 14.2 Å². The van der Waals surface area contributed by atoms with Crippen molar-refractivity contribution in [1.82, 2.24) is 0 Å². The Morgan fingerprint density at radius 2 is 0.541 bits per heavy atom. The van der Waals surface area contributed by atoms with Crippen molar-refractivity contribution in [2.45, 2.75) is 316 Å². The summed E-state index contributed by atoms with van der Waals surface area (Å²) in [6.07, 6.45) is 52.3. The van der Waals surface area contributed by atoms with Crippen molar-refractivity contribution in [1.29, 1.82) is 0 Å². The van der Waals surface area contributed by atoms with Crippen molar-refractivity contribution in [2.24, 2.45) is 5.92 Å². The number of carbonyl (C=O) groups is 3. The molecule has 0 aliphatic rings. The Kier molecular flexibility index (Phi) is 48.1. The summed E-state index contributed by atoms with van der Waals surface area (Å²) >= 11 is 0. The molecule has 6 nitrogen and oxygen atoms in total. The summed E-state index contributed by atoms with van der Waals surface area (Å²) < 4.78 is 16.8. The van der Waals surface area contributed by atoms with Gasteiger partial charge in [0.1, 0.15) is 13.2 Å². The monoisotopic (exact) mass is 863 g/mol. The average molecular weight is 863 g/mol. The Bertz CT molecular complexity index is 918. The number of hydrogen-bond acceptors (Lipinski definition) is 6. The lowest BCUT2D eigenvalue weighted by molar-refractivity contribution is -0.167. The Morgan fingerprint density at radius 3 is 0.803 bits per heavy atom. The molecule has 6 heteroatoms. The summed E-state index contributed by atoms with van der Waals surface area (Å²) in [5, 5.41) is 0. The van der Waals surface area contributed by atoms with E-state index in [1.807, 2.05) is 0 Å². The first-order valence-electron chi connectivity index (χ1n) is 27.4. The van der Waals surface area contributed by atoms with E-state index in [0.29, 0.717) is 19.3 Å². The first kappa shape index (κ1) is 59.4. The largest absolute Gasteiger partial charge is 0.462 e. The predicted octanol–water partition coefficient (Wildman–Crippen LogP) is 17.8. The lowest BCUT2D eigenvalue weighted by Crippen LogP contribution is -2.30. The minimum Gasteiger partial charge on any atom is -0.462 e. The van der Waals surface area contributed by atoms with Crippen LogP contribution in [0, 0.1) is 5.92 Å². The van der Waals surface area contributed by atoms with Crippen LogP contribution in [0.1, 0.15) is 310 Å². The Balaban J connectivity index is 4.25. The van der Waals surface area contributed by atoms with Gasteiger partial charge in [-0.25, -0.2) is 0 Å². The van der Waals surface area contributed by atoms with Gasteiger partial charge in [0, 0.05) is 19.3 Å². The highest BCUT2D eigenvalue weighted by Gasteiger charge is 2.19. The second-order valence-electron chi connectivity index (χ2n) is 19.3. The van der Waals surface area contributed by atoms with Crippen LogP contribution in [0.15, 0.2) is 0 Å². The van der Waals surface area contributed by atoms with Crippen molar-refractivity contribution in [3.05, 3.63) is 0 Å². The summed E-state index contributed by atoms with van der Waals surface area (Å²) in [5.41, 5.74) is 0. The quantitative estimate of drug-likeness (QED) is 0.0344. The number of ether oxygens (including phenoxy) is 3. The van der Waals surface area contributed by atoms with Crippen LogP contribution in [0.2, 0.25) is 0 Å². The summed E-state index contributed by atoms with van der Waals surface area (Å²) in [6.45, 7) is 9.05. The smallest absolute Gasteiger partial charge is 0.306 e. The fourth-order valence-electron chi connectivity index (χ4n) is 8.39. The molecule has 0 spiro atoms. The molecule has 0 aromatic rings. The van der Waals surface area contributed by atoms with Crippen LogP contribution in [0.4, 0.5) is 0 Å². The van der Waals surface area contributed by atoms with E-state index >= 15 is 0 Å². The van der Waals surface area contributed by atoms with Crippen molar-refractivity contribution in [2.75, 3.05) is 13.2 Å². The maximum absolute atomic E-state index is 12.8. The molecule has 0 saturated carbocycles. The van der Waals surface area contributed by atoms with Gasteiger partial charge in [0.15, 0.2) is 6.10 Å². The fourth-order valence-corrected chi connectivity index (χ4v) is 8.39. The van der Waals surface area contributed by atoms with Gasteiger partial charge >= 0.3 is 17.9 Å². The number of hydrogen-bond donors (Lipinski definition) is 0. The van der Waals surface area contributed by atoms with Crippen molar-refractivity contribution in [3.8, 4) is 0 Å². The molecule has 0 aromatic carbocycles. The second kappa shape index (κ2) is 49.4. The Labute approximate surface area is 380 Å². The van der Waals surface area contributed by atoms with Gasteiger partial charge in [-0.2, -0.15) is 0 Å². The molecule has 362 valence electrons. The van der Waals surface area contributed by atoms with Gasteiger partial charge in [-0.05, 0) is 25.2 Å². The van der Waals surface area contributed by atoms with Gasteiger partial charge in [-0.3, -0.25) is 14.4 Å². The van der Waals surface area contributed by atoms with E-state index in [-0.39, 0.29) is 31.1 Å². The highest BCUT2D eigenvalue weighted by Crippen LogP contribution is 2.17. The molecule has 0 rings (SSSR count). The van der Waals surface area contributed by atoms with Crippen LogP contribution in [0.5, 0.6) is 0 Å². The minimum atomic E-state index is -0.760. The summed E-state index contributed by atoms with van der Waals surface area (Å²) in [7, 11) is 0. The van der Waals surface area contributed by atoms with E-state index in [9.17, 15) is 14.4 Å². The van der Waals surface area contributed by atoms with Gasteiger partial charge in [-0.1, -0.05) is 272 Å². The highest BCUT2D eigenvalue weighted by atomic mass is 16.6. The third-order valence-corrected chi connectivity index (χ3v) is 12.5. The lowest BCUT2D eigenvalue weighted by Gasteiger charge is -2.18. The average Bonchev–Trinajstić information content (AvgIpc) is 3.24. The number of carbonyl (C=O) groups excluding carboxylic acids is 3. The zero-order valence-corrected chi connectivity index (χ0v) is 41.6. The molecule has 0 saturated heterocycles. The van der Waals surface area contributed by atoms with Crippen LogP contribution in [-0.2, 0) is 28.6 Å². The SMILES string of the molecule is CCCCCCCCCCCCCCCCC(=O)OC[C@@H](COC(=O)CCCCCCCCCCCCCCCCCC(C)C)OC(=O)CCCCCCCCCCCCC. The number of esters is 3. The van der Waals surface area contributed by atoms with Gasteiger partial charge in [0.25, 0.3) is 0 Å².